The van der Waals surface area contributed by atoms with Gasteiger partial charge in [0.1, 0.15) is 0 Å². The summed E-state index contributed by atoms with van der Waals surface area (Å²) in [5, 5.41) is 8.63. The zero-order chi connectivity index (χ0) is 8.97. The van der Waals surface area contributed by atoms with E-state index in [0.29, 0.717) is 11.5 Å². The SMILES string of the molecule is C/C(=C/C1CC=CCC1)C(=O)O. The van der Waals surface area contributed by atoms with Crippen molar-refractivity contribution in [1.29, 1.82) is 0 Å². The van der Waals surface area contributed by atoms with Crippen molar-refractivity contribution in [2.24, 2.45) is 5.92 Å². The van der Waals surface area contributed by atoms with Crippen LogP contribution in [0.25, 0.3) is 0 Å². The molecule has 1 rings (SSSR count). The van der Waals surface area contributed by atoms with Crippen molar-refractivity contribution < 1.29 is 9.90 Å². The molecule has 0 saturated heterocycles. The van der Waals surface area contributed by atoms with Gasteiger partial charge in [0, 0.05) is 5.57 Å². The standard InChI is InChI=1S/C10H14O2/c1-8(10(11)12)7-9-5-3-2-4-6-9/h2-3,7,9H,4-6H2,1H3,(H,11,12)/b8-7-. The van der Waals surface area contributed by atoms with Gasteiger partial charge < -0.3 is 5.11 Å². The molecule has 0 spiro atoms. The molecule has 1 aliphatic carbocycles. The average Bonchev–Trinajstić information content (AvgIpc) is 2.06. The van der Waals surface area contributed by atoms with E-state index in [2.05, 4.69) is 12.2 Å². The maximum atomic E-state index is 10.5. The lowest BCUT2D eigenvalue weighted by atomic mass is 9.93. The van der Waals surface area contributed by atoms with Gasteiger partial charge in [-0.25, -0.2) is 4.79 Å². The topological polar surface area (TPSA) is 37.3 Å². The van der Waals surface area contributed by atoms with E-state index >= 15 is 0 Å². The Bertz CT molecular complexity index is 226. The van der Waals surface area contributed by atoms with Crippen LogP contribution in [0.15, 0.2) is 23.8 Å². The molecule has 2 heteroatoms. The molecule has 1 atom stereocenters. The van der Waals surface area contributed by atoms with Crippen molar-refractivity contribution >= 4 is 5.97 Å². The second kappa shape index (κ2) is 4.10. The minimum absolute atomic E-state index is 0.436. The molecule has 66 valence electrons. The van der Waals surface area contributed by atoms with Crippen LogP contribution in [0, 0.1) is 5.92 Å². The third kappa shape index (κ3) is 2.53. The predicted octanol–water partition coefficient (Wildman–Crippen LogP) is 2.37. The van der Waals surface area contributed by atoms with Crippen LogP contribution in [0.4, 0.5) is 0 Å². The highest BCUT2D eigenvalue weighted by molar-refractivity contribution is 5.85. The van der Waals surface area contributed by atoms with E-state index < -0.39 is 5.97 Å². The van der Waals surface area contributed by atoms with Crippen molar-refractivity contribution in [1.82, 2.24) is 0 Å². The molecule has 1 aliphatic rings. The van der Waals surface area contributed by atoms with Crippen LogP contribution >= 0.6 is 0 Å². The van der Waals surface area contributed by atoms with Gasteiger partial charge in [0.2, 0.25) is 0 Å². The summed E-state index contributed by atoms with van der Waals surface area (Å²) < 4.78 is 0. The molecule has 0 aromatic rings. The zero-order valence-electron chi connectivity index (χ0n) is 7.29. The van der Waals surface area contributed by atoms with E-state index in [9.17, 15) is 4.79 Å². The molecule has 1 N–H and O–H groups in total. The number of carboxylic acid groups (broad SMARTS) is 1. The number of allylic oxidation sites excluding steroid dienone is 3. The average molecular weight is 166 g/mol. The van der Waals surface area contributed by atoms with Crippen LogP contribution in [-0.4, -0.2) is 11.1 Å². The molecule has 1 unspecified atom stereocenters. The second-order valence-electron chi connectivity index (χ2n) is 3.20. The van der Waals surface area contributed by atoms with E-state index in [1.807, 2.05) is 6.08 Å². The number of rotatable bonds is 2. The van der Waals surface area contributed by atoms with Gasteiger partial charge in [-0.1, -0.05) is 18.2 Å². The highest BCUT2D eigenvalue weighted by atomic mass is 16.4. The Balaban J connectivity index is 2.54. The smallest absolute Gasteiger partial charge is 0.330 e. The summed E-state index contributed by atoms with van der Waals surface area (Å²) in [6.07, 6.45) is 9.30. The fourth-order valence-corrected chi connectivity index (χ4v) is 1.39. The molecule has 0 aromatic heterocycles. The summed E-state index contributed by atoms with van der Waals surface area (Å²) >= 11 is 0. The minimum atomic E-state index is -0.801. The normalized spacial score (nSPS) is 24.1. The van der Waals surface area contributed by atoms with Crippen molar-refractivity contribution in [3.63, 3.8) is 0 Å². The molecular weight excluding hydrogens is 152 g/mol. The molecule has 0 saturated carbocycles. The van der Waals surface area contributed by atoms with Crippen LogP contribution in [0.3, 0.4) is 0 Å². The second-order valence-corrected chi connectivity index (χ2v) is 3.20. The lowest BCUT2D eigenvalue weighted by Crippen LogP contribution is -2.03. The summed E-state index contributed by atoms with van der Waals surface area (Å²) in [5.74, 6) is -0.365. The minimum Gasteiger partial charge on any atom is -0.478 e. The van der Waals surface area contributed by atoms with Crippen molar-refractivity contribution in [3.8, 4) is 0 Å². The summed E-state index contributed by atoms with van der Waals surface area (Å²) in [6, 6.07) is 0. The van der Waals surface area contributed by atoms with Gasteiger partial charge >= 0.3 is 5.97 Å². The highest BCUT2D eigenvalue weighted by Gasteiger charge is 2.09. The molecule has 0 bridgehead atoms. The van der Waals surface area contributed by atoms with Crippen LogP contribution in [0.2, 0.25) is 0 Å². The van der Waals surface area contributed by atoms with Gasteiger partial charge in [0.05, 0.1) is 0 Å². The Morgan fingerprint density at radius 3 is 2.83 bits per heavy atom. The Morgan fingerprint density at radius 1 is 1.58 bits per heavy atom. The largest absolute Gasteiger partial charge is 0.478 e. The fraction of sp³-hybridized carbons (Fsp3) is 0.500. The first-order chi connectivity index (χ1) is 5.70. The van der Waals surface area contributed by atoms with Gasteiger partial charge in [0.15, 0.2) is 0 Å². The first kappa shape index (κ1) is 9.04. The van der Waals surface area contributed by atoms with Crippen LogP contribution < -0.4 is 0 Å². The first-order valence-corrected chi connectivity index (χ1v) is 4.27. The Hall–Kier alpha value is -1.05. The number of carbonyl (C=O) groups is 1. The van der Waals surface area contributed by atoms with Crippen molar-refractivity contribution in [2.75, 3.05) is 0 Å². The predicted molar refractivity (Wildman–Crippen MR) is 47.9 cm³/mol. The maximum Gasteiger partial charge on any atom is 0.330 e. The molecule has 12 heavy (non-hydrogen) atoms. The van der Waals surface area contributed by atoms with E-state index in [4.69, 9.17) is 5.11 Å². The lowest BCUT2D eigenvalue weighted by molar-refractivity contribution is -0.132. The van der Waals surface area contributed by atoms with Crippen molar-refractivity contribution in [2.45, 2.75) is 26.2 Å². The monoisotopic (exact) mass is 166 g/mol. The lowest BCUT2D eigenvalue weighted by Gasteiger charge is -2.13. The summed E-state index contributed by atoms with van der Waals surface area (Å²) in [5.41, 5.74) is 0.468. The third-order valence-electron chi connectivity index (χ3n) is 2.13. The molecule has 0 aliphatic heterocycles. The first-order valence-electron chi connectivity index (χ1n) is 4.27. The zero-order valence-corrected chi connectivity index (χ0v) is 7.29. The molecular formula is C10H14O2. The molecule has 0 amide bonds. The molecule has 0 fully saturated rings. The molecule has 2 nitrogen and oxygen atoms in total. The summed E-state index contributed by atoms with van der Waals surface area (Å²) in [6.45, 7) is 1.65. The van der Waals surface area contributed by atoms with Gasteiger partial charge in [0.25, 0.3) is 0 Å². The van der Waals surface area contributed by atoms with Crippen molar-refractivity contribution in [3.05, 3.63) is 23.8 Å². The highest BCUT2D eigenvalue weighted by Crippen LogP contribution is 2.20. The number of carboxylic acids is 1. The molecule has 0 heterocycles. The van der Waals surface area contributed by atoms with Crippen LogP contribution in [0.5, 0.6) is 0 Å². The Morgan fingerprint density at radius 2 is 2.33 bits per heavy atom. The summed E-state index contributed by atoms with van der Waals surface area (Å²) in [4.78, 5) is 10.5. The van der Waals surface area contributed by atoms with Gasteiger partial charge in [-0.15, -0.1) is 0 Å². The van der Waals surface area contributed by atoms with Gasteiger partial charge in [-0.3, -0.25) is 0 Å². The molecule has 0 radical (unpaired) electrons. The Labute approximate surface area is 72.6 Å². The third-order valence-corrected chi connectivity index (χ3v) is 2.13. The maximum absolute atomic E-state index is 10.5. The number of hydrogen-bond acceptors (Lipinski definition) is 1. The van der Waals surface area contributed by atoms with E-state index in [1.165, 1.54) is 0 Å². The van der Waals surface area contributed by atoms with Crippen LogP contribution in [0.1, 0.15) is 26.2 Å². The number of aliphatic carboxylic acids is 1. The van der Waals surface area contributed by atoms with E-state index in [0.717, 1.165) is 19.3 Å². The van der Waals surface area contributed by atoms with E-state index in [-0.39, 0.29) is 0 Å². The van der Waals surface area contributed by atoms with Gasteiger partial charge in [-0.05, 0) is 32.1 Å². The molecule has 0 aromatic carbocycles. The van der Waals surface area contributed by atoms with E-state index in [1.54, 1.807) is 6.92 Å². The quantitative estimate of drug-likeness (QED) is 0.505. The summed E-state index contributed by atoms with van der Waals surface area (Å²) in [7, 11) is 0. The van der Waals surface area contributed by atoms with Crippen LogP contribution in [-0.2, 0) is 4.79 Å². The van der Waals surface area contributed by atoms with Gasteiger partial charge in [-0.2, -0.15) is 0 Å². The number of hydrogen-bond donors (Lipinski definition) is 1. The Kier molecular flexibility index (Phi) is 3.09. The fourth-order valence-electron chi connectivity index (χ4n) is 1.39.